The minimum atomic E-state index is 0.562. The van der Waals surface area contributed by atoms with Gasteiger partial charge >= 0.3 is 0 Å². The van der Waals surface area contributed by atoms with E-state index >= 15 is 0 Å². The van der Waals surface area contributed by atoms with Crippen LogP contribution in [0.5, 0.6) is 0 Å². The molecule has 3 nitrogen and oxygen atoms in total. The van der Waals surface area contributed by atoms with Crippen LogP contribution >= 0.6 is 0 Å². The Hall–Kier alpha value is -0.120. The predicted molar refractivity (Wildman–Crippen MR) is 80.5 cm³/mol. The molecule has 0 radical (unpaired) electrons. The Kier molecular flexibility index (Phi) is 4.45. The molecule has 19 heavy (non-hydrogen) atoms. The molecular weight excluding hydrogens is 234 g/mol. The molecule has 0 aliphatic carbocycles. The van der Waals surface area contributed by atoms with Gasteiger partial charge in [-0.3, -0.25) is 4.90 Å². The lowest BCUT2D eigenvalue weighted by Gasteiger charge is -2.41. The molecule has 3 heteroatoms. The van der Waals surface area contributed by atoms with E-state index in [1.807, 2.05) is 0 Å². The minimum absolute atomic E-state index is 0.562. The standard InChI is InChI=1S/C16H31N3/c1-2-16(7-4-8-17-13-16)14-18-9-5-11-19-10-3-6-15(19)12-18/h15,17H,2-14H2,1H3. The first-order chi connectivity index (χ1) is 9.31. The van der Waals surface area contributed by atoms with Crippen molar-refractivity contribution in [2.24, 2.45) is 5.41 Å². The molecule has 3 fully saturated rings. The van der Waals surface area contributed by atoms with Gasteiger partial charge in [-0.1, -0.05) is 6.92 Å². The monoisotopic (exact) mass is 265 g/mol. The summed E-state index contributed by atoms with van der Waals surface area (Å²) in [6, 6.07) is 0.868. The first-order valence-corrected chi connectivity index (χ1v) is 8.48. The number of hydrogen-bond donors (Lipinski definition) is 1. The molecule has 3 rings (SSSR count). The zero-order chi connectivity index (χ0) is 13.1. The van der Waals surface area contributed by atoms with E-state index in [2.05, 4.69) is 22.0 Å². The molecule has 0 bridgehead atoms. The summed E-state index contributed by atoms with van der Waals surface area (Å²) in [7, 11) is 0. The summed E-state index contributed by atoms with van der Waals surface area (Å²) >= 11 is 0. The molecule has 0 spiro atoms. The number of piperidine rings is 1. The van der Waals surface area contributed by atoms with Crippen molar-refractivity contribution in [3.8, 4) is 0 Å². The van der Waals surface area contributed by atoms with Gasteiger partial charge in [0.25, 0.3) is 0 Å². The van der Waals surface area contributed by atoms with Crippen LogP contribution in [0.2, 0.25) is 0 Å². The third kappa shape index (κ3) is 3.14. The second-order valence-electron chi connectivity index (χ2n) is 7.05. The van der Waals surface area contributed by atoms with Gasteiger partial charge in [0, 0.05) is 25.7 Å². The highest BCUT2D eigenvalue weighted by Gasteiger charge is 2.35. The average Bonchev–Trinajstić information content (AvgIpc) is 2.79. The Labute approximate surface area is 118 Å². The lowest BCUT2D eigenvalue weighted by molar-refractivity contribution is 0.105. The Balaban J connectivity index is 1.61. The van der Waals surface area contributed by atoms with Crippen LogP contribution in [0.15, 0.2) is 0 Å². The molecule has 0 aromatic heterocycles. The van der Waals surface area contributed by atoms with Crippen molar-refractivity contribution in [2.75, 3.05) is 45.8 Å². The van der Waals surface area contributed by atoms with Crippen molar-refractivity contribution in [3.05, 3.63) is 0 Å². The summed E-state index contributed by atoms with van der Waals surface area (Å²) in [5.41, 5.74) is 0.562. The molecule has 110 valence electrons. The highest BCUT2D eigenvalue weighted by molar-refractivity contribution is 4.91. The van der Waals surface area contributed by atoms with Crippen LogP contribution in [-0.2, 0) is 0 Å². The molecule has 0 amide bonds. The van der Waals surface area contributed by atoms with Gasteiger partial charge in [-0.2, -0.15) is 0 Å². The summed E-state index contributed by atoms with van der Waals surface area (Å²) in [5, 5.41) is 3.64. The summed E-state index contributed by atoms with van der Waals surface area (Å²) in [5.74, 6) is 0. The zero-order valence-corrected chi connectivity index (χ0v) is 12.7. The van der Waals surface area contributed by atoms with E-state index in [0.29, 0.717) is 5.41 Å². The van der Waals surface area contributed by atoms with Gasteiger partial charge in [-0.25, -0.2) is 0 Å². The summed E-state index contributed by atoms with van der Waals surface area (Å²) in [6.07, 6.45) is 8.39. The van der Waals surface area contributed by atoms with E-state index in [1.165, 1.54) is 84.3 Å². The van der Waals surface area contributed by atoms with Crippen LogP contribution in [-0.4, -0.2) is 61.7 Å². The van der Waals surface area contributed by atoms with Crippen LogP contribution in [0.1, 0.15) is 45.4 Å². The topological polar surface area (TPSA) is 18.5 Å². The average molecular weight is 265 g/mol. The van der Waals surface area contributed by atoms with Gasteiger partial charge < -0.3 is 10.2 Å². The number of nitrogens with one attached hydrogen (secondary N) is 1. The Morgan fingerprint density at radius 1 is 1.16 bits per heavy atom. The molecule has 3 heterocycles. The van der Waals surface area contributed by atoms with Crippen LogP contribution in [0.4, 0.5) is 0 Å². The van der Waals surface area contributed by atoms with Crippen molar-refractivity contribution >= 4 is 0 Å². The van der Waals surface area contributed by atoms with Gasteiger partial charge in [0.15, 0.2) is 0 Å². The quantitative estimate of drug-likeness (QED) is 0.841. The molecule has 1 N–H and O–H groups in total. The molecule has 0 saturated carbocycles. The van der Waals surface area contributed by atoms with Crippen molar-refractivity contribution < 1.29 is 0 Å². The van der Waals surface area contributed by atoms with Gasteiger partial charge in [-0.15, -0.1) is 0 Å². The van der Waals surface area contributed by atoms with Gasteiger partial charge in [0.05, 0.1) is 0 Å². The first-order valence-electron chi connectivity index (χ1n) is 8.48. The Morgan fingerprint density at radius 2 is 2.05 bits per heavy atom. The van der Waals surface area contributed by atoms with E-state index < -0.39 is 0 Å². The highest BCUT2D eigenvalue weighted by Crippen LogP contribution is 2.32. The third-order valence-corrected chi connectivity index (χ3v) is 5.76. The van der Waals surface area contributed by atoms with E-state index in [9.17, 15) is 0 Å². The molecule has 2 atom stereocenters. The summed E-state index contributed by atoms with van der Waals surface area (Å²) in [6.45, 7) is 11.6. The lowest BCUT2D eigenvalue weighted by atomic mass is 9.78. The van der Waals surface area contributed by atoms with Crippen LogP contribution in [0.3, 0.4) is 0 Å². The van der Waals surface area contributed by atoms with Crippen molar-refractivity contribution in [3.63, 3.8) is 0 Å². The second-order valence-corrected chi connectivity index (χ2v) is 7.05. The zero-order valence-electron chi connectivity index (χ0n) is 12.7. The fraction of sp³-hybridized carbons (Fsp3) is 1.00. The number of hydrogen-bond acceptors (Lipinski definition) is 3. The normalized spacial score (nSPS) is 38.1. The molecule has 3 aliphatic rings. The number of fused-ring (bicyclic) bond motifs is 1. The van der Waals surface area contributed by atoms with Crippen LogP contribution in [0, 0.1) is 5.41 Å². The van der Waals surface area contributed by atoms with E-state index in [4.69, 9.17) is 0 Å². The van der Waals surface area contributed by atoms with E-state index in [0.717, 1.165) is 6.04 Å². The summed E-state index contributed by atoms with van der Waals surface area (Å²) < 4.78 is 0. The molecule has 2 unspecified atom stereocenters. The molecule has 0 aromatic rings. The molecule has 0 aromatic carbocycles. The van der Waals surface area contributed by atoms with Gasteiger partial charge in [-0.05, 0) is 70.1 Å². The van der Waals surface area contributed by atoms with Gasteiger partial charge in [0.2, 0.25) is 0 Å². The Morgan fingerprint density at radius 3 is 2.84 bits per heavy atom. The minimum Gasteiger partial charge on any atom is -0.316 e. The highest BCUT2D eigenvalue weighted by atomic mass is 15.3. The lowest BCUT2D eigenvalue weighted by Crippen LogP contribution is -2.49. The third-order valence-electron chi connectivity index (χ3n) is 5.76. The summed E-state index contributed by atoms with van der Waals surface area (Å²) in [4.78, 5) is 5.55. The van der Waals surface area contributed by atoms with Gasteiger partial charge in [0.1, 0.15) is 0 Å². The maximum Gasteiger partial charge on any atom is 0.0223 e. The molecular formula is C16H31N3. The largest absolute Gasteiger partial charge is 0.316 e. The SMILES string of the molecule is CCC1(CN2CCCN3CCCC3C2)CCCNC1. The second kappa shape index (κ2) is 6.11. The fourth-order valence-corrected chi connectivity index (χ4v) is 4.48. The predicted octanol–water partition coefficient (Wildman–Crippen LogP) is 1.94. The van der Waals surface area contributed by atoms with Crippen molar-refractivity contribution in [2.45, 2.75) is 51.5 Å². The number of rotatable bonds is 3. The smallest absolute Gasteiger partial charge is 0.0223 e. The maximum atomic E-state index is 3.64. The maximum absolute atomic E-state index is 3.64. The fourth-order valence-electron chi connectivity index (χ4n) is 4.48. The molecule has 3 aliphatic heterocycles. The van der Waals surface area contributed by atoms with E-state index in [-0.39, 0.29) is 0 Å². The first kappa shape index (κ1) is 13.8. The van der Waals surface area contributed by atoms with Crippen LogP contribution < -0.4 is 5.32 Å². The van der Waals surface area contributed by atoms with Crippen LogP contribution in [0.25, 0.3) is 0 Å². The van der Waals surface area contributed by atoms with Crippen molar-refractivity contribution in [1.29, 1.82) is 0 Å². The Bertz CT molecular complexity index is 286. The van der Waals surface area contributed by atoms with Crippen molar-refractivity contribution in [1.82, 2.24) is 15.1 Å². The van der Waals surface area contributed by atoms with E-state index in [1.54, 1.807) is 0 Å². The number of nitrogens with zero attached hydrogens (tertiary/aromatic N) is 2. The molecule has 3 saturated heterocycles.